The Morgan fingerprint density at radius 3 is 2.66 bits per heavy atom. The second kappa shape index (κ2) is 8.57. The van der Waals surface area contributed by atoms with Crippen LogP contribution in [0, 0.1) is 0 Å². The van der Waals surface area contributed by atoms with Crippen molar-refractivity contribution in [3.05, 3.63) is 60.7 Å². The van der Waals surface area contributed by atoms with E-state index in [1.807, 2.05) is 56.4 Å². The predicted molar refractivity (Wildman–Crippen MR) is 111 cm³/mol. The molecule has 1 atom stereocenters. The molecule has 0 bridgehead atoms. The summed E-state index contributed by atoms with van der Waals surface area (Å²) in [5.74, 6) is 1.92. The first-order valence-electron chi connectivity index (χ1n) is 9.35. The molecule has 8 heteroatoms. The van der Waals surface area contributed by atoms with Crippen LogP contribution in [0.5, 0.6) is 11.5 Å². The minimum Gasteiger partial charge on any atom is -0.486 e. The van der Waals surface area contributed by atoms with Gasteiger partial charge in [-0.2, -0.15) is 5.10 Å². The fourth-order valence-electron chi connectivity index (χ4n) is 3.05. The molecule has 2 heterocycles. The molecule has 0 N–H and O–H groups in total. The van der Waals surface area contributed by atoms with Gasteiger partial charge in [0.15, 0.2) is 11.5 Å². The molecule has 0 radical (unpaired) electrons. The first-order chi connectivity index (χ1) is 14.1. The first kappa shape index (κ1) is 19.3. The van der Waals surface area contributed by atoms with Gasteiger partial charge in [-0.3, -0.25) is 4.79 Å². The van der Waals surface area contributed by atoms with Gasteiger partial charge in [0.05, 0.1) is 17.5 Å². The van der Waals surface area contributed by atoms with Crippen LogP contribution in [-0.2, 0) is 4.79 Å². The van der Waals surface area contributed by atoms with Gasteiger partial charge >= 0.3 is 0 Å². The van der Waals surface area contributed by atoms with Crippen molar-refractivity contribution in [1.29, 1.82) is 0 Å². The van der Waals surface area contributed by atoms with Gasteiger partial charge in [0.2, 0.25) is 5.91 Å². The number of hydrogen-bond donors (Lipinski definition) is 0. The number of carbonyl (C=O) groups excluding carboxylic acids is 1. The molecule has 0 saturated heterocycles. The van der Waals surface area contributed by atoms with E-state index in [4.69, 9.17) is 9.47 Å². The second-order valence-electron chi connectivity index (χ2n) is 6.71. The molecule has 0 spiro atoms. The van der Waals surface area contributed by atoms with E-state index >= 15 is 0 Å². The minimum absolute atomic E-state index is 0.0341. The summed E-state index contributed by atoms with van der Waals surface area (Å²) in [7, 11) is 1.84. The van der Waals surface area contributed by atoms with E-state index in [0.717, 1.165) is 27.6 Å². The Bertz CT molecular complexity index is 976. The Morgan fingerprint density at radius 1 is 1.17 bits per heavy atom. The molecule has 1 aliphatic rings. The van der Waals surface area contributed by atoms with E-state index < -0.39 is 0 Å². The summed E-state index contributed by atoms with van der Waals surface area (Å²) in [6.45, 7) is 3.15. The molecule has 29 heavy (non-hydrogen) atoms. The molecule has 4 rings (SSSR count). The number of ether oxygens (including phenoxy) is 2. The molecule has 1 aliphatic heterocycles. The van der Waals surface area contributed by atoms with Crippen LogP contribution in [0.3, 0.4) is 0 Å². The molecule has 0 aliphatic carbocycles. The van der Waals surface area contributed by atoms with Gasteiger partial charge in [-0.15, -0.1) is 11.8 Å². The van der Waals surface area contributed by atoms with Crippen molar-refractivity contribution in [2.45, 2.75) is 17.9 Å². The Kier molecular flexibility index (Phi) is 5.71. The highest BCUT2D eigenvalue weighted by Crippen LogP contribution is 2.34. The van der Waals surface area contributed by atoms with E-state index in [2.05, 4.69) is 10.1 Å². The number of thioether (sulfide) groups is 1. The fourth-order valence-corrected chi connectivity index (χ4v) is 3.90. The van der Waals surface area contributed by atoms with E-state index in [-0.39, 0.29) is 11.9 Å². The largest absolute Gasteiger partial charge is 0.486 e. The lowest BCUT2D eigenvalue weighted by Crippen LogP contribution is -2.31. The maximum Gasteiger partial charge on any atom is 0.233 e. The number of hydrogen-bond acceptors (Lipinski definition) is 6. The van der Waals surface area contributed by atoms with Crippen LogP contribution in [-0.4, -0.2) is 51.6 Å². The number of fused-ring (bicyclic) bond motifs is 1. The van der Waals surface area contributed by atoms with Crippen LogP contribution in [0.15, 0.2) is 60.0 Å². The summed E-state index contributed by atoms with van der Waals surface area (Å²) >= 11 is 1.50. The summed E-state index contributed by atoms with van der Waals surface area (Å²) in [5.41, 5.74) is 2.00. The number of carbonyl (C=O) groups is 1. The molecule has 3 aromatic rings. The van der Waals surface area contributed by atoms with E-state index in [9.17, 15) is 4.79 Å². The van der Waals surface area contributed by atoms with Gasteiger partial charge in [0.1, 0.15) is 25.9 Å². The van der Waals surface area contributed by atoms with Crippen LogP contribution in [0.4, 0.5) is 0 Å². The average Bonchev–Trinajstić information content (AvgIpc) is 3.31. The Morgan fingerprint density at radius 2 is 1.93 bits per heavy atom. The SMILES string of the molecule is C[C@@H](c1ccc(-n2cncn2)cc1)N(C)C(=O)CSc1ccc2c(c1)OCCO2. The number of nitrogens with zero attached hydrogens (tertiary/aromatic N) is 4. The highest BCUT2D eigenvalue weighted by molar-refractivity contribution is 8.00. The van der Waals surface area contributed by atoms with Gasteiger partial charge in [-0.25, -0.2) is 9.67 Å². The minimum atomic E-state index is -0.0341. The Balaban J connectivity index is 1.36. The molecule has 2 aromatic carbocycles. The average molecular weight is 410 g/mol. The van der Waals surface area contributed by atoms with Crippen molar-refractivity contribution in [3.8, 4) is 17.2 Å². The molecular formula is C21H22N4O3S. The van der Waals surface area contributed by atoms with Crippen LogP contribution >= 0.6 is 11.8 Å². The highest BCUT2D eigenvalue weighted by atomic mass is 32.2. The first-order valence-corrected chi connectivity index (χ1v) is 10.3. The summed E-state index contributed by atoms with van der Waals surface area (Å²) in [5, 5.41) is 4.13. The predicted octanol–water partition coefficient (Wildman–Crippen LogP) is 3.35. The lowest BCUT2D eigenvalue weighted by molar-refractivity contribution is -0.128. The third kappa shape index (κ3) is 4.37. The van der Waals surface area contributed by atoms with Crippen molar-refractivity contribution in [2.24, 2.45) is 0 Å². The molecule has 150 valence electrons. The number of benzene rings is 2. The summed E-state index contributed by atoms with van der Waals surface area (Å²) in [4.78, 5) is 19.4. The quantitative estimate of drug-likeness (QED) is 0.581. The van der Waals surface area contributed by atoms with Crippen LogP contribution in [0.2, 0.25) is 0 Å². The Labute approximate surface area is 173 Å². The van der Waals surface area contributed by atoms with Gasteiger partial charge < -0.3 is 14.4 Å². The monoisotopic (exact) mass is 410 g/mol. The van der Waals surface area contributed by atoms with Crippen LogP contribution in [0.1, 0.15) is 18.5 Å². The molecule has 1 amide bonds. The number of aromatic nitrogens is 3. The van der Waals surface area contributed by atoms with Gasteiger partial charge in [-0.1, -0.05) is 12.1 Å². The topological polar surface area (TPSA) is 69.5 Å². The van der Waals surface area contributed by atoms with Crippen molar-refractivity contribution in [1.82, 2.24) is 19.7 Å². The van der Waals surface area contributed by atoms with Crippen LogP contribution < -0.4 is 9.47 Å². The fraction of sp³-hybridized carbons (Fsp3) is 0.286. The summed E-state index contributed by atoms with van der Waals surface area (Å²) in [6.07, 6.45) is 3.16. The maximum absolute atomic E-state index is 12.7. The number of amides is 1. The van der Waals surface area contributed by atoms with E-state index in [0.29, 0.717) is 19.0 Å². The zero-order valence-corrected chi connectivity index (χ0v) is 17.1. The number of rotatable bonds is 6. The zero-order valence-electron chi connectivity index (χ0n) is 16.3. The normalized spacial score (nSPS) is 13.7. The molecule has 0 saturated carbocycles. The molecule has 7 nitrogen and oxygen atoms in total. The summed E-state index contributed by atoms with van der Waals surface area (Å²) < 4.78 is 12.8. The lowest BCUT2D eigenvalue weighted by Gasteiger charge is -2.25. The lowest BCUT2D eigenvalue weighted by atomic mass is 10.1. The smallest absolute Gasteiger partial charge is 0.233 e. The second-order valence-corrected chi connectivity index (χ2v) is 7.76. The molecule has 0 fully saturated rings. The molecule has 0 unspecified atom stereocenters. The summed E-state index contributed by atoms with van der Waals surface area (Å²) in [6, 6.07) is 13.7. The van der Waals surface area contributed by atoms with Gasteiger partial charge in [0.25, 0.3) is 0 Å². The van der Waals surface area contributed by atoms with Crippen LogP contribution in [0.25, 0.3) is 5.69 Å². The highest BCUT2D eigenvalue weighted by Gasteiger charge is 2.18. The van der Waals surface area contributed by atoms with Gasteiger partial charge in [0, 0.05) is 11.9 Å². The standard InChI is InChI=1S/C21H22N4O3S/c1-15(16-3-5-17(6-4-16)25-14-22-13-23-25)24(2)21(26)12-29-18-7-8-19-20(11-18)28-10-9-27-19/h3-8,11,13-15H,9-10,12H2,1-2H3/t15-/m0/s1. The molecule has 1 aromatic heterocycles. The zero-order chi connectivity index (χ0) is 20.2. The third-order valence-corrected chi connectivity index (χ3v) is 5.89. The molecular weight excluding hydrogens is 388 g/mol. The van der Waals surface area contributed by atoms with Crippen molar-refractivity contribution in [3.63, 3.8) is 0 Å². The van der Waals surface area contributed by atoms with Gasteiger partial charge in [-0.05, 0) is 42.8 Å². The Hall–Kier alpha value is -3.00. The van der Waals surface area contributed by atoms with Crippen molar-refractivity contribution < 1.29 is 14.3 Å². The maximum atomic E-state index is 12.7. The van der Waals surface area contributed by atoms with E-state index in [1.165, 1.54) is 18.1 Å². The van der Waals surface area contributed by atoms with Crippen molar-refractivity contribution in [2.75, 3.05) is 26.0 Å². The van der Waals surface area contributed by atoms with E-state index in [1.54, 1.807) is 15.9 Å². The van der Waals surface area contributed by atoms with Crippen molar-refractivity contribution >= 4 is 17.7 Å². The third-order valence-electron chi connectivity index (χ3n) is 4.91.